The Hall–Kier alpha value is -3.95. The summed E-state index contributed by atoms with van der Waals surface area (Å²) in [6.07, 6.45) is 5.98. The molecule has 2 aliphatic carbocycles. The Morgan fingerprint density at radius 3 is 2.47 bits per heavy atom. The minimum absolute atomic E-state index is 0.00975. The third-order valence-electron chi connectivity index (χ3n) is 8.49. The summed E-state index contributed by atoms with van der Waals surface area (Å²) in [5, 5.41) is 3.02. The number of carbonyl (C=O) groups is 3. The zero-order valence-corrected chi connectivity index (χ0v) is 25.7. The van der Waals surface area contributed by atoms with E-state index in [9.17, 15) is 14.4 Å². The molecule has 0 bridgehead atoms. The molecule has 1 aromatic carbocycles. The minimum Gasteiger partial charge on any atom is -0.481 e. The van der Waals surface area contributed by atoms with Crippen molar-refractivity contribution in [1.29, 1.82) is 0 Å². The van der Waals surface area contributed by atoms with Crippen molar-refractivity contribution in [3.8, 4) is 23.1 Å². The number of benzene rings is 1. The SMILES string of the molecule is C=CCCCCN(C)C(=O)[C@@H]1C[C@H](Oc2cc(OC)nc(-c3ccccc3)n2)C[C@H]1C(=O)N[C@]1(C(=O)OCC)C[C@H]1CC. The average Bonchev–Trinajstić information content (AvgIpc) is 3.58. The van der Waals surface area contributed by atoms with Crippen LogP contribution in [-0.2, 0) is 19.1 Å². The summed E-state index contributed by atoms with van der Waals surface area (Å²) in [4.78, 5) is 51.2. The van der Waals surface area contributed by atoms with Crippen molar-refractivity contribution in [1.82, 2.24) is 20.2 Å². The molecular formula is C33H44N4O6. The quantitative estimate of drug-likeness (QED) is 0.181. The summed E-state index contributed by atoms with van der Waals surface area (Å²) in [6.45, 7) is 8.32. The van der Waals surface area contributed by atoms with Gasteiger partial charge in [-0.3, -0.25) is 9.59 Å². The van der Waals surface area contributed by atoms with E-state index >= 15 is 0 Å². The minimum atomic E-state index is -1.03. The number of hydrogen-bond donors (Lipinski definition) is 1. The fourth-order valence-electron chi connectivity index (χ4n) is 5.99. The Balaban J connectivity index is 1.55. The molecule has 10 heteroatoms. The van der Waals surface area contributed by atoms with Crippen molar-refractivity contribution in [3.05, 3.63) is 49.1 Å². The maximum Gasteiger partial charge on any atom is 0.332 e. The fourth-order valence-corrected chi connectivity index (χ4v) is 5.99. The highest BCUT2D eigenvalue weighted by atomic mass is 16.5. The van der Waals surface area contributed by atoms with Gasteiger partial charge in [-0.1, -0.05) is 49.8 Å². The number of methoxy groups -OCH3 is 1. The van der Waals surface area contributed by atoms with Gasteiger partial charge in [0.05, 0.1) is 31.6 Å². The number of ether oxygens (including phenoxy) is 3. The summed E-state index contributed by atoms with van der Waals surface area (Å²) in [7, 11) is 3.30. The molecular weight excluding hydrogens is 548 g/mol. The lowest BCUT2D eigenvalue weighted by Crippen LogP contribution is -2.50. The Morgan fingerprint density at radius 2 is 1.81 bits per heavy atom. The van der Waals surface area contributed by atoms with Gasteiger partial charge in [-0.05, 0) is 51.4 Å². The van der Waals surface area contributed by atoms with Crippen LogP contribution in [-0.4, -0.2) is 71.6 Å². The maximum atomic E-state index is 13.8. The summed E-state index contributed by atoms with van der Waals surface area (Å²) < 4.78 is 17.1. The number of nitrogens with zero attached hydrogens (tertiary/aromatic N) is 3. The zero-order valence-electron chi connectivity index (χ0n) is 25.7. The Bertz CT molecular complexity index is 1290. The number of unbranched alkanes of at least 4 members (excludes halogenated alkanes) is 2. The predicted molar refractivity (Wildman–Crippen MR) is 162 cm³/mol. The number of carbonyl (C=O) groups excluding carboxylic acids is 3. The maximum absolute atomic E-state index is 13.8. The molecule has 1 aromatic heterocycles. The van der Waals surface area contributed by atoms with Crippen LogP contribution in [0.25, 0.3) is 11.4 Å². The third-order valence-corrected chi connectivity index (χ3v) is 8.49. The molecule has 0 spiro atoms. The first-order chi connectivity index (χ1) is 20.8. The van der Waals surface area contributed by atoms with Crippen molar-refractivity contribution < 1.29 is 28.6 Å². The number of esters is 1. The van der Waals surface area contributed by atoms with Gasteiger partial charge in [0.2, 0.25) is 23.6 Å². The van der Waals surface area contributed by atoms with Crippen molar-refractivity contribution in [3.63, 3.8) is 0 Å². The number of allylic oxidation sites excluding steroid dienone is 1. The van der Waals surface area contributed by atoms with Crippen molar-refractivity contribution in [2.75, 3.05) is 27.3 Å². The average molecular weight is 593 g/mol. The molecule has 2 fully saturated rings. The lowest BCUT2D eigenvalue weighted by molar-refractivity contribution is -0.150. The van der Waals surface area contributed by atoms with E-state index in [0.29, 0.717) is 43.4 Å². The molecule has 232 valence electrons. The smallest absolute Gasteiger partial charge is 0.332 e. The van der Waals surface area contributed by atoms with E-state index in [2.05, 4.69) is 21.9 Å². The topological polar surface area (TPSA) is 120 Å². The molecule has 1 heterocycles. The largest absolute Gasteiger partial charge is 0.481 e. The first-order valence-electron chi connectivity index (χ1n) is 15.3. The number of rotatable bonds is 15. The van der Waals surface area contributed by atoms with Crippen LogP contribution in [0.15, 0.2) is 49.1 Å². The van der Waals surface area contributed by atoms with E-state index < -0.39 is 29.4 Å². The second kappa shape index (κ2) is 14.5. The van der Waals surface area contributed by atoms with Crippen LogP contribution in [0.1, 0.15) is 58.8 Å². The van der Waals surface area contributed by atoms with Gasteiger partial charge in [-0.2, -0.15) is 9.97 Å². The molecule has 2 amide bonds. The van der Waals surface area contributed by atoms with Crippen LogP contribution in [0.2, 0.25) is 0 Å². The van der Waals surface area contributed by atoms with Gasteiger partial charge >= 0.3 is 5.97 Å². The van der Waals surface area contributed by atoms with E-state index in [1.165, 1.54) is 7.11 Å². The molecule has 10 nitrogen and oxygen atoms in total. The molecule has 5 atom stereocenters. The fraction of sp³-hybridized carbons (Fsp3) is 0.545. The molecule has 0 saturated heterocycles. The Kier molecular flexibility index (Phi) is 10.8. The zero-order chi connectivity index (χ0) is 31.0. The predicted octanol–water partition coefficient (Wildman–Crippen LogP) is 4.59. The van der Waals surface area contributed by atoms with Gasteiger partial charge in [0.25, 0.3) is 0 Å². The van der Waals surface area contributed by atoms with Crippen LogP contribution in [0, 0.1) is 17.8 Å². The molecule has 4 rings (SSSR count). The van der Waals surface area contributed by atoms with E-state index in [0.717, 1.165) is 31.2 Å². The highest BCUT2D eigenvalue weighted by Crippen LogP contribution is 2.48. The molecule has 2 aromatic rings. The van der Waals surface area contributed by atoms with E-state index in [1.54, 1.807) is 24.9 Å². The molecule has 0 aliphatic heterocycles. The lowest BCUT2D eigenvalue weighted by Gasteiger charge is -2.26. The Labute approximate surface area is 254 Å². The van der Waals surface area contributed by atoms with E-state index in [1.807, 2.05) is 43.3 Å². The number of hydrogen-bond acceptors (Lipinski definition) is 8. The normalized spacial score (nSPS) is 24.1. The molecule has 0 unspecified atom stereocenters. The Morgan fingerprint density at radius 1 is 1.09 bits per heavy atom. The van der Waals surface area contributed by atoms with Gasteiger partial charge in [0.15, 0.2) is 5.82 Å². The lowest BCUT2D eigenvalue weighted by atomic mass is 9.93. The highest BCUT2D eigenvalue weighted by molar-refractivity contribution is 5.94. The molecule has 43 heavy (non-hydrogen) atoms. The highest BCUT2D eigenvalue weighted by Gasteiger charge is 2.62. The van der Waals surface area contributed by atoms with Crippen molar-refractivity contribution >= 4 is 17.8 Å². The van der Waals surface area contributed by atoms with E-state index in [-0.39, 0.29) is 24.3 Å². The van der Waals surface area contributed by atoms with E-state index in [4.69, 9.17) is 14.2 Å². The van der Waals surface area contributed by atoms with Gasteiger partial charge in [0, 0.05) is 19.2 Å². The number of nitrogens with one attached hydrogen (secondary N) is 1. The first-order valence-corrected chi connectivity index (χ1v) is 15.3. The van der Waals surface area contributed by atoms with Gasteiger partial charge in [0.1, 0.15) is 11.6 Å². The van der Waals surface area contributed by atoms with Gasteiger partial charge in [-0.25, -0.2) is 4.79 Å². The van der Waals surface area contributed by atoms with Crippen LogP contribution in [0.5, 0.6) is 11.8 Å². The van der Waals surface area contributed by atoms with Crippen LogP contribution < -0.4 is 14.8 Å². The van der Waals surface area contributed by atoms with Crippen LogP contribution >= 0.6 is 0 Å². The number of aromatic nitrogens is 2. The second-order valence-corrected chi connectivity index (χ2v) is 11.4. The third kappa shape index (κ3) is 7.53. The summed E-state index contributed by atoms with van der Waals surface area (Å²) >= 11 is 0. The van der Waals surface area contributed by atoms with Crippen LogP contribution in [0.4, 0.5) is 0 Å². The standard InChI is InChI=1S/C33H44N4O6/c1-6-9-10-14-17-37(4)31(39)26-19-24(18-25(26)30(38)36-33(21-23(33)7-2)32(40)42-8-3)43-28-20-27(41-5)34-29(35-28)22-15-12-11-13-16-22/h6,11-13,15-16,20,23-26H,1,7-10,14,17-19,21H2,2-5H3,(H,36,38)/t23-,24-,25-,26-,33-/m1/s1. The number of amides is 2. The van der Waals surface area contributed by atoms with Crippen LogP contribution in [0.3, 0.4) is 0 Å². The molecule has 1 N–H and O–H groups in total. The molecule has 0 radical (unpaired) electrons. The van der Waals surface area contributed by atoms with Crippen molar-refractivity contribution in [2.24, 2.45) is 17.8 Å². The summed E-state index contributed by atoms with van der Waals surface area (Å²) in [6, 6.07) is 11.1. The monoisotopic (exact) mass is 592 g/mol. The summed E-state index contributed by atoms with van der Waals surface area (Å²) in [5.74, 6) is -1.01. The van der Waals surface area contributed by atoms with Crippen molar-refractivity contribution in [2.45, 2.75) is 70.4 Å². The van der Waals surface area contributed by atoms with Gasteiger partial charge in [-0.15, -0.1) is 6.58 Å². The second-order valence-electron chi connectivity index (χ2n) is 11.4. The first kappa shape index (κ1) is 32.0. The molecule has 2 aliphatic rings. The van der Waals surface area contributed by atoms with Gasteiger partial charge < -0.3 is 24.4 Å². The summed E-state index contributed by atoms with van der Waals surface area (Å²) in [5.41, 5.74) is -0.226. The molecule has 2 saturated carbocycles.